The van der Waals surface area contributed by atoms with Crippen LogP contribution in [0.25, 0.3) is 0 Å². The van der Waals surface area contributed by atoms with Crippen LogP contribution in [-0.4, -0.2) is 18.0 Å². The molecular formula is C13H10Br2N2O2. The molecule has 2 rings (SSSR count). The average molecular weight is 386 g/mol. The SMILES string of the molecule is COc1cc(Br)ccc1C(=O)Nc1ccncc1Br. The molecule has 6 heteroatoms. The minimum absolute atomic E-state index is 0.240. The van der Waals surface area contributed by atoms with Crippen molar-refractivity contribution < 1.29 is 9.53 Å². The van der Waals surface area contributed by atoms with Crippen molar-refractivity contribution in [1.82, 2.24) is 4.98 Å². The first kappa shape index (κ1) is 14.0. The molecule has 0 unspecified atom stereocenters. The molecule has 0 atom stereocenters. The van der Waals surface area contributed by atoms with Gasteiger partial charge in [0.15, 0.2) is 0 Å². The first-order valence-electron chi connectivity index (χ1n) is 5.36. The fourth-order valence-electron chi connectivity index (χ4n) is 1.52. The number of aromatic nitrogens is 1. The molecule has 1 N–H and O–H groups in total. The third-order valence-electron chi connectivity index (χ3n) is 2.43. The van der Waals surface area contributed by atoms with Crippen LogP contribution >= 0.6 is 31.9 Å². The van der Waals surface area contributed by atoms with E-state index in [2.05, 4.69) is 42.2 Å². The molecule has 0 bridgehead atoms. The molecule has 0 saturated heterocycles. The highest BCUT2D eigenvalue weighted by molar-refractivity contribution is 9.10. The second kappa shape index (κ2) is 6.16. The van der Waals surface area contributed by atoms with Crippen LogP contribution in [-0.2, 0) is 0 Å². The Hall–Kier alpha value is -1.40. The largest absolute Gasteiger partial charge is 0.496 e. The zero-order valence-corrected chi connectivity index (χ0v) is 13.2. The monoisotopic (exact) mass is 384 g/mol. The molecule has 1 aromatic carbocycles. The van der Waals surface area contributed by atoms with Crippen molar-refractivity contribution in [1.29, 1.82) is 0 Å². The molecule has 0 saturated carbocycles. The summed E-state index contributed by atoms with van der Waals surface area (Å²) in [6.07, 6.45) is 3.23. The topological polar surface area (TPSA) is 51.2 Å². The number of pyridine rings is 1. The van der Waals surface area contributed by atoms with Gasteiger partial charge in [-0.15, -0.1) is 0 Å². The van der Waals surface area contributed by atoms with Gasteiger partial charge in [0.25, 0.3) is 5.91 Å². The molecular weight excluding hydrogens is 376 g/mol. The molecule has 0 aliphatic heterocycles. The lowest BCUT2D eigenvalue weighted by Crippen LogP contribution is -2.13. The Labute approximate surface area is 127 Å². The molecule has 19 heavy (non-hydrogen) atoms. The highest BCUT2D eigenvalue weighted by atomic mass is 79.9. The number of nitrogens with zero attached hydrogens (tertiary/aromatic N) is 1. The van der Waals surface area contributed by atoms with E-state index in [-0.39, 0.29) is 5.91 Å². The summed E-state index contributed by atoms with van der Waals surface area (Å²) in [4.78, 5) is 16.2. The smallest absolute Gasteiger partial charge is 0.259 e. The van der Waals surface area contributed by atoms with Crippen molar-refractivity contribution in [3.8, 4) is 5.75 Å². The number of carbonyl (C=O) groups excluding carboxylic acids is 1. The van der Waals surface area contributed by atoms with Gasteiger partial charge in [-0.2, -0.15) is 0 Å². The first-order valence-corrected chi connectivity index (χ1v) is 6.95. The Kier molecular flexibility index (Phi) is 4.55. The van der Waals surface area contributed by atoms with Crippen LogP contribution in [0.1, 0.15) is 10.4 Å². The fourth-order valence-corrected chi connectivity index (χ4v) is 2.21. The number of ether oxygens (including phenoxy) is 1. The standard InChI is InChI=1S/C13H10Br2N2O2/c1-19-12-6-8(14)2-3-9(12)13(18)17-11-4-5-16-7-10(11)15/h2-7H,1H3,(H,16,17,18). The average Bonchev–Trinajstić information content (AvgIpc) is 2.41. The van der Waals surface area contributed by atoms with Crippen molar-refractivity contribution in [2.75, 3.05) is 12.4 Å². The third-order valence-corrected chi connectivity index (χ3v) is 3.55. The summed E-state index contributed by atoms with van der Waals surface area (Å²) in [5.74, 6) is 0.272. The Bertz CT molecular complexity index is 617. The predicted molar refractivity (Wildman–Crippen MR) is 80.6 cm³/mol. The number of benzene rings is 1. The highest BCUT2D eigenvalue weighted by Gasteiger charge is 2.13. The van der Waals surface area contributed by atoms with Crippen LogP contribution in [0.5, 0.6) is 5.75 Å². The summed E-state index contributed by atoms with van der Waals surface area (Å²) < 4.78 is 6.77. The molecule has 0 aliphatic rings. The number of hydrogen-bond donors (Lipinski definition) is 1. The van der Waals surface area contributed by atoms with Gasteiger partial charge in [0.05, 0.1) is 22.8 Å². The molecule has 1 heterocycles. The molecule has 0 fully saturated rings. The minimum Gasteiger partial charge on any atom is -0.496 e. The predicted octanol–water partition coefficient (Wildman–Crippen LogP) is 3.87. The van der Waals surface area contributed by atoms with Crippen molar-refractivity contribution in [3.63, 3.8) is 0 Å². The molecule has 4 nitrogen and oxygen atoms in total. The summed E-state index contributed by atoms with van der Waals surface area (Å²) in [6, 6.07) is 6.95. The molecule has 1 aromatic heterocycles. The highest BCUT2D eigenvalue weighted by Crippen LogP contribution is 2.26. The van der Waals surface area contributed by atoms with E-state index in [1.807, 2.05) is 0 Å². The van der Waals surface area contributed by atoms with Crippen LogP contribution in [0.3, 0.4) is 0 Å². The normalized spacial score (nSPS) is 10.1. The van der Waals surface area contributed by atoms with Crippen molar-refractivity contribution in [3.05, 3.63) is 51.2 Å². The van der Waals surface area contributed by atoms with E-state index >= 15 is 0 Å². The van der Waals surface area contributed by atoms with Gasteiger partial charge in [-0.05, 0) is 40.2 Å². The number of halogens is 2. The van der Waals surface area contributed by atoms with Crippen molar-refractivity contribution >= 4 is 43.5 Å². The summed E-state index contributed by atoms with van der Waals surface area (Å²) in [5.41, 5.74) is 1.12. The summed E-state index contributed by atoms with van der Waals surface area (Å²) in [5, 5.41) is 2.80. The number of rotatable bonds is 3. The summed E-state index contributed by atoms with van der Waals surface area (Å²) >= 11 is 6.67. The number of anilines is 1. The van der Waals surface area contributed by atoms with Crippen LogP contribution in [0.15, 0.2) is 45.6 Å². The molecule has 0 radical (unpaired) electrons. The lowest BCUT2D eigenvalue weighted by molar-refractivity contribution is 0.102. The lowest BCUT2D eigenvalue weighted by Gasteiger charge is -2.10. The molecule has 0 aliphatic carbocycles. The van der Waals surface area contributed by atoms with Gasteiger partial charge in [-0.3, -0.25) is 9.78 Å². The van der Waals surface area contributed by atoms with Gasteiger partial charge >= 0.3 is 0 Å². The second-order valence-corrected chi connectivity index (χ2v) is 5.42. The van der Waals surface area contributed by atoms with Crippen LogP contribution < -0.4 is 10.1 Å². The van der Waals surface area contributed by atoms with Crippen molar-refractivity contribution in [2.45, 2.75) is 0 Å². The zero-order valence-electron chi connectivity index (χ0n) is 9.98. The third kappa shape index (κ3) is 3.33. The van der Waals surface area contributed by atoms with Gasteiger partial charge in [0.1, 0.15) is 5.75 Å². The van der Waals surface area contributed by atoms with E-state index in [4.69, 9.17) is 4.74 Å². The number of methoxy groups -OCH3 is 1. The van der Waals surface area contributed by atoms with E-state index < -0.39 is 0 Å². The Morgan fingerprint density at radius 2 is 2.11 bits per heavy atom. The van der Waals surface area contributed by atoms with Gasteiger partial charge in [0.2, 0.25) is 0 Å². The Morgan fingerprint density at radius 1 is 1.32 bits per heavy atom. The minimum atomic E-state index is -0.240. The Morgan fingerprint density at radius 3 is 2.79 bits per heavy atom. The van der Waals surface area contributed by atoms with Gasteiger partial charge < -0.3 is 10.1 Å². The second-order valence-electron chi connectivity index (χ2n) is 3.65. The van der Waals surface area contributed by atoms with E-state index in [1.54, 1.807) is 36.7 Å². The maximum atomic E-state index is 12.2. The first-order chi connectivity index (χ1) is 9.11. The molecule has 2 aromatic rings. The van der Waals surface area contributed by atoms with Gasteiger partial charge in [-0.1, -0.05) is 15.9 Å². The van der Waals surface area contributed by atoms with E-state index in [0.29, 0.717) is 17.0 Å². The van der Waals surface area contributed by atoms with E-state index in [0.717, 1.165) is 8.95 Å². The number of hydrogen-bond acceptors (Lipinski definition) is 3. The molecule has 0 spiro atoms. The summed E-state index contributed by atoms with van der Waals surface area (Å²) in [6.45, 7) is 0. The number of carbonyl (C=O) groups is 1. The van der Waals surface area contributed by atoms with Gasteiger partial charge in [-0.25, -0.2) is 0 Å². The fraction of sp³-hybridized carbons (Fsp3) is 0.0769. The lowest BCUT2D eigenvalue weighted by atomic mass is 10.2. The number of amides is 1. The van der Waals surface area contributed by atoms with Crippen LogP contribution in [0, 0.1) is 0 Å². The van der Waals surface area contributed by atoms with Crippen molar-refractivity contribution in [2.24, 2.45) is 0 Å². The maximum Gasteiger partial charge on any atom is 0.259 e. The Balaban J connectivity index is 2.28. The summed E-state index contributed by atoms with van der Waals surface area (Å²) in [7, 11) is 1.53. The van der Waals surface area contributed by atoms with Crippen LogP contribution in [0.4, 0.5) is 5.69 Å². The van der Waals surface area contributed by atoms with Crippen LogP contribution in [0.2, 0.25) is 0 Å². The maximum absolute atomic E-state index is 12.2. The van der Waals surface area contributed by atoms with Gasteiger partial charge in [0, 0.05) is 16.9 Å². The van der Waals surface area contributed by atoms with E-state index in [9.17, 15) is 4.79 Å². The number of nitrogens with one attached hydrogen (secondary N) is 1. The molecule has 98 valence electrons. The van der Waals surface area contributed by atoms with E-state index in [1.165, 1.54) is 7.11 Å². The zero-order chi connectivity index (χ0) is 13.8. The quantitative estimate of drug-likeness (QED) is 0.872. The molecule has 1 amide bonds.